The number of nitrogens with zero attached hydrogens (tertiary/aromatic N) is 3. The summed E-state index contributed by atoms with van der Waals surface area (Å²) in [4.78, 5) is 31.8. The van der Waals surface area contributed by atoms with Gasteiger partial charge in [0.1, 0.15) is 0 Å². The second-order valence-corrected chi connectivity index (χ2v) is 8.05. The van der Waals surface area contributed by atoms with E-state index in [1.807, 2.05) is 54.0 Å². The molecule has 140 valence electrons. The molecule has 3 aliphatic rings. The summed E-state index contributed by atoms with van der Waals surface area (Å²) >= 11 is 0. The van der Waals surface area contributed by atoms with Gasteiger partial charge in [0.05, 0.1) is 24.8 Å². The van der Waals surface area contributed by atoms with Crippen LogP contribution in [0.15, 0.2) is 30.3 Å². The number of hydrogen-bond acceptors (Lipinski definition) is 4. The Morgan fingerprint density at radius 2 is 1.81 bits per heavy atom. The lowest BCUT2D eigenvalue weighted by atomic mass is 9.82. The zero-order valence-electron chi connectivity index (χ0n) is 15.6. The molecule has 1 unspecified atom stereocenters. The Balaban J connectivity index is 1.52. The second kappa shape index (κ2) is 6.67. The molecule has 3 fully saturated rings. The first kappa shape index (κ1) is 17.5. The zero-order chi connectivity index (χ0) is 18.3. The van der Waals surface area contributed by atoms with E-state index in [0.29, 0.717) is 26.2 Å². The molecule has 0 N–H and O–H groups in total. The Hall–Kier alpha value is -1.92. The fourth-order valence-corrected chi connectivity index (χ4v) is 4.58. The third kappa shape index (κ3) is 2.91. The number of morpholine rings is 1. The number of carbonyl (C=O) groups excluding carboxylic acids is 2. The first-order chi connectivity index (χ1) is 12.5. The maximum atomic E-state index is 12.7. The Bertz CT molecular complexity index is 685. The van der Waals surface area contributed by atoms with E-state index in [1.54, 1.807) is 0 Å². The molecule has 0 aromatic heterocycles. The van der Waals surface area contributed by atoms with Crippen LogP contribution < -0.4 is 0 Å². The average Bonchev–Trinajstić information content (AvgIpc) is 2.64. The molecule has 0 bridgehead atoms. The Kier molecular flexibility index (Phi) is 4.49. The van der Waals surface area contributed by atoms with Crippen LogP contribution in [0, 0.1) is 5.92 Å². The van der Waals surface area contributed by atoms with E-state index in [2.05, 4.69) is 4.90 Å². The van der Waals surface area contributed by atoms with Crippen LogP contribution >= 0.6 is 0 Å². The molecule has 1 spiro atoms. The molecule has 1 atom stereocenters. The van der Waals surface area contributed by atoms with Crippen molar-refractivity contribution in [1.29, 1.82) is 0 Å². The fourth-order valence-electron chi connectivity index (χ4n) is 4.58. The van der Waals surface area contributed by atoms with Gasteiger partial charge in [0, 0.05) is 44.2 Å². The summed E-state index contributed by atoms with van der Waals surface area (Å²) in [5.41, 5.74) is 0.605. The van der Waals surface area contributed by atoms with Gasteiger partial charge in [0.2, 0.25) is 5.91 Å². The number of benzene rings is 1. The molecule has 0 aliphatic carbocycles. The van der Waals surface area contributed by atoms with Crippen LogP contribution in [0.1, 0.15) is 24.2 Å². The molecule has 6 heteroatoms. The number of piperazine rings is 1. The quantitative estimate of drug-likeness (QED) is 0.795. The Labute approximate surface area is 154 Å². The number of amides is 2. The lowest BCUT2D eigenvalue weighted by Gasteiger charge is -2.63. The Morgan fingerprint density at radius 1 is 1.12 bits per heavy atom. The molecule has 2 amide bonds. The van der Waals surface area contributed by atoms with E-state index in [0.717, 1.165) is 25.3 Å². The van der Waals surface area contributed by atoms with Crippen LogP contribution in [0.2, 0.25) is 0 Å². The molecule has 4 rings (SSSR count). The highest BCUT2D eigenvalue weighted by Gasteiger charge is 2.56. The number of likely N-dealkylation sites (tertiary alicyclic amines) is 1. The van der Waals surface area contributed by atoms with Crippen LogP contribution in [0.25, 0.3) is 0 Å². The first-order valence-corrected chi connectivity index (χ1v) is 9.48. The van der Waals surface area contributed by atoms with Crippen LogP contribution in [0.4, 0.5) is 0 Å². The maximum Gasteiger partial charge on any atom is 0.253 e. The van der Waals surface area contributed by atoms with Crippen molar-refractivity contribution in [2.45, 2.75) is 25.4 Å². The Morgan fingerprint density at radius 3 is 2.50 bits per heavy atom. The molecule has 6 nitrogen and oxygen atoms in total. The van der Waals surface area contributed by atoms with Crippen LogP contribution in [0.5, 0.6) is 0 Å². The van der Waals surface area contributed by atoms with E-state index in [4.69, 9.17) is 4.74 Å². The van der Waals surface area contributed by atoms with E-state index >= 15 is 0 Å². The van der Waals surface area contributed by atoms with Crippen molar-refractivity contribution in [1.82, 2.24) is 14.7 Å². The van der Waals surface area contributed by atoms with Crippen molar-refractivity contribution >= 4 is 11.8 Å². The van der Waals surface area contributed by atoms with Crippen molar-refractivity contribution in [3.05, 3.63) is 35.9 Å². The van der Waals surface area contributed by atoms with Crippen molar-refractivity contribution < 1.29 is 14.3 Å². The minimum atomic E-state index is -0.123. The number of ether oxygens (including phenoxy) is 1. The molecule has 1 aromatic carbocycles. The van der Waals surface area contributed by atoms with Gasteiger partial charge in [-0.15, -0.1) is 0 Å². The molecule has 26 heavy (non-hydrogen) atoms. The van der Waals surface area contributed by atoms with Crippen molar-refractivity contribution in [3.8, 4) is 0 Å². The molecule has 0 radical (unpaired) electrons. The second-order valence-electron chi connectivity index (χ2n) is 8.05. The predicted octanol–water partition coefficient (Wildman–Crippen LogP) is 1.08. The summed E-state index contributed by atoms with van der Waals surface area (Å²) in [7, 11) is 0. The summed E-state index contributed by atoms with van der Waals surface area (Å²) in [6.45, 7) is 8.96. The summed E-state index contributed by atoms with van der Waals surface area (Å²) in [5.74, 6) is 0.265. The SMILES string of the molecule is CC(C)C(=O)N1CC2COCCN2C2(CN(C(=O)c3ccccc3)C2)C1. The minimum Gasteiger partial charge on any atom is -0.378 e. The summed E-state index contributed by atoms with van der Waals surface area (Å²) in [5, 5.41) is 0. The number of fused-ring (bicyclic) bond motifs is 2. The lowest BCUT2D eigenvalue weighted by Crippen LogP contribution is -2.81. The maximum absolute atomic E-state index is 12.7. The normalized spacial score (nSPS) is 25.1. The van der Waals surface area contributed by atoms with Crippen LogP contribution in [-0.4, -0.2) is 84.0 Å². The zero-order valence-corrected chi connectivity index (χ0v) is 15.6. The number of rotatable bonds is 2. The topological polar surface area (TPSA) is 53.1 Å². The highest BCUT2D eigenvalue weighted by atomic mass is 16.5. The smallest absolute Gasteiger partial charge is 0.253 e. The van der Waals surface area contributed by atoms with Crippen molar-refractivity contribution in [2.75, 3.05) is 45.9 Å². The largest absolute Gasteiger partial charge is 0.378 e. The predicted molar refractivity (Wildman–Crippen MR) is 97.8 cm³/mol. The number of carbonyl (C=O) groups is 2. The first-order valence-electron chi connectivity index (χ1n) is 9.48. The molecule has 0 saturated carbocycles. The van der Waals surface area contributed by atoms with Gasteiger partial charge in [0.25, 0.3) is 5.91 Å². The summed E-state index contributed by atoms with van der Waals surface area (Å²) in [6, 6.07) is 9.66. The van der Waals surface area contributed by atoms with Gasteiger partial charge in [-0.3, -0.25) is 14.5 Å². The third-order valence-corrected chi connectivity index (χ3v) is 5.84. The average molecular weight is 357 g/mol. The van der Waals surface area contributed by atoms with Gasteiger partial charge in [-0.05, 0) is 12.1 Å². The minimum absolute atomic E-state index is 0.00904. The van der Waals surface area contributed by atoms with Gasteiger partial charge in [-0.2, -0.15) is 0 Å². The van der Waals surface area contributed by atoms with Gasteiger partial charge < -0.3 is 14.5 Å². The van der Waals surface area contributed by atoms with E-state index < -0.39 is 0 Å². The highest BCUT2D eigenvalue weighted by Crippen LogP contribution is 2.36. The molecular formula is C20H27N3O3. The fraction of sp³-hybridized carbons (Fsp3) is 0.600. The van der Waals surface area contributed by atoms with Gasteiger partial charge >= 0.3 is 0 Å². The lowest BCUT2D eigenvalue weighted by molar-refractivity contribution is -0.170. The third-order valence-electron chi connectivity index (χ3n) is 5.84. The molecule has 1 aromatic rings. The van der Waals surface area contributed by atoms with Gasteiger partial charge in [-0.1, -0.05) is 32.0 Å². The van der Waals surface area contributed by atoms with Crippen LogP contribution in [-0.2, 0) is 9.53 Å². The van der Waals surface area contributed by atoms with E-state index in [9.17, 15) is 9.59 Å². The van der Waals surface area contributed by atoms with Crippen molar-refractivity contribution in [3.63, 3.8) is 0 Å². The molecular weight excluding hydrogens is 330 g/mol. The van der Waals surface area contributed by atoms with E-state index in [-0.39, 0.29) is 29.3 Å². The number of hydrogen-bond donors (Lipinski definition) is 0. The van der Waals surface area contributed by atoms with Crippen LogP contribution in [0.3, 0.4) is 0 Å². The highest BCUT2D eigenvalue weighted by molar-refractivity contribution is 5.95. The molecule has 3 heterocycles. The van der Waals surface area contributed by atoms with Gasteiger partial charge in [-0.25, -0.2) is 0 Å². The summed E-state index contributed by atoms with van der Waals surface area (Å²) in [6.07, 6.45) is 0. The summed E-state index contributed by atoms with van der Waals surface area (Å²) < 4.78 is 5.67. The standard InChI is InChI=1S/C20H27N3O3/c1-15(2)18(24)21-10-17-11-26-9-8-23(17)20(12-21)13-22(14-20)19(25)16-6-4-3-5-7-16/h3-7,15,17H,8-14H2,1-2H3. The molecule has 3 saturated heterocycles. The van der Waals surface area contributed by atoms with Crippen molar-refractivity contribution in [2.24, 2.45) is 5.92 Å². The van der Waals surface area contributed by atoms with Gasteiger partial charge in [0.15, 0.2) is 0 Å². The molecule has 3 aliphatic heterocycles. The monoisotopic (exact) mass is 357 g/mol. The van der Waals surface area contributed by atoms with E-state index in [1.165, 1.54) is 0 Å².